The predicted molar refractivity (Wildman–Crippen MR) is 168 cm³/mol. The van der Waals surface area contributed by atoms with Crippen molar-refractivity contribution in [1.82, 2.24) is 31.0 Å². The minimum absolute atomic E-state index is 0.0346. The number of pyridine rings is 1. The molecule has 3 heterocycles. The summed E-state index contributed by atoms with van der Waals surface area (Å²) < 4.78 is 27.2. The molecule has 0 radical (unpaired) electrons. The van der Waals surface area contributed by atoms with E-state index in [1.54, 1.807) is 13.8 Å². The van der Waals surface area contributed by atoms with Crippen LogP contribution in [0, 0.1) is 42.9 Å². The largest absolute Gasteiger partial charge is 0.356 e. The van der Waals surface area contributed by atoms with Crippen molar-refractivity contribution in [3.8, 4) is 0 Å². The first kappa shape index (κ1) is 37.4. The van der Waals surface area contributed by atoms with Crippen LogP contribution in [-0.2, 0) is 24.0 Å². The van der Waals surface area contributed by atoms with Gasteiger partial charge in [-0.25, -0.2) is 13.8 Å². The second-order valence-corrected chi connectivity index (χ2v) is 13.6. The maximum atomic E-state index is 13.8. The third-order valence-electron chi connectivity index (χ3n) is 9.26. The summed E-state index contributed by atoms with van der Waals surface area (Å²) in [5.41, 5.74) is -0.511. The summed E-state index contributed by atoms with van der Waals surface area (Å²) in [7, 11) is 0. The smallest absolute Gasteiger partial charge is 0.291 e. The Morgan fingerprint density at radius 1 is 1.15 bits per heavy atom. The van der Waals surface area contributed by atoms with E-state index in [2.05, 4.69) is 21.0 Å². The van der Waals surface area contributed by atoms with Gasteiger partial charge in [0, 0.05) is 24.5 Å². The zero-order chi connectivity index (χ0) is 34.5. The lowest BCUT2D eigenvalue weighted by atomic mass is 9.95. The molecule has 2 saturated heterocycles. The van der Waals surface area contributed by atoms with E-state index in [1.807, 2.05) is 45.9 Å². The van der Waals surface area contributed by atoms with Crippen molar-refractivity contribution in [2.24, 2.45) is 29.1 Å². The number of hydrogen-bond donors (Lipinski definition) is 3. The van der Waals surface area contributed by atoms with Gasteiger partial charge in [0.15, 0.2) is 0 Å². The minimum atomic E-state index is -2.46. The lowest BCUT2D eigenvalue weighted by Gasteiger charge is -2.36. The molecule has 15 heteroatoms. The zero-order valence-corrected chi connectivity index (χ0v) is 28.5. The maximum absolute atomic E-state index is 13.8. The molecule has 1 aromatic rings. The number of nitrogens with zero attached hydrogens (tertiary/aromatic N) is 3. The Bertz CT molecular complexity index is 1280. The summed E-state index contributed by atoms with van der Waals surface area (Å²) in [6.45, 7) is 11.8. The predicted octanol–water partition coefficient (Wildman–Crippen LogP) is 3.15. The third kappa shape index (κ3) is 8.84. The fourth-order valence-electron chi connectivity index (χ4n) is 6.31. The Hall–Kier alpha value is -3.06. The van der Waals surface area contributed by atoms with Gasteiger partial charge in [-0.2, -0.15) is 0 Å². The first-order valence-corrected chi connectivity index (χ1v) is 16.3. The standard InChI is InChI=1S/C24H35Cl2F2N5O5.C7H9N/c1-5-11(2)15(30-21(36)17(25)27)22(37)32-10-13-14(24(13,3)4)16(32)20(35)31-33(23(38)18(26)28)9-12-7-6-8-29-19(12)34;1-6-4-3-5-7(2)8-6/h11-18H,5-10H2,1-4H3,(H,29,34)(H,30,36)(H,31,35);3-5H,1-2H3/t11?,12-,13-,14-,15?,16-,17?,18?;/m0./s1. The molecule has 0 bridgehead atoms. The van der Waals surface area contributed by atoms with E-state index in [-0.39, 0.29) is 36.2 Å². The normalized spacial score (nSPS) is 25.3. The fourth-order valence-corrected chi connectivity index (χ4v) is 6.49. The highest BCUT2D eigenvalue weighted by Crippen LogP contribution is 2.65. The molecule has 8 atom stereocenters. The number of hydrazine groups is 1. The molecule has 3 aliphatic rings. The molecule has 0 spiro atoms. The van der Waals surface area contributed by atoms with Crippen molar-refractivity contribution in [2.75, 3.05) is 19.6 Å². The van der Waals surface area contributed by atoms with Gasteiger partial charge >= 0.3 is 0 Å². The summed E-state index contributed by atoms with van der Waals surface area (Å²) in [6.07, 6.45) is 1.56. The van der Waals surface area contributed by atoms with Crippen LogP contribution >= 0.6 is 23.2 Å². The molecule has 1 aromatic heterocycles. The number of hydrogen-bond acceptors (Lipinski definition) is 6. The van der Waals surface area contributed by atoms with Gasteiger partial charge in [0.25, 0.3) is 29.0 Å². The van der Waals surface area contributed by atoms with Crippen LogP contribution in [0.1, 0.15) is 58.3 Å². The van der Waals surface area contributed by atoms with Crippen molar-refractivity contribution in [2.45, 2.75) is 84.2 Å². The van der Waals surface area contributed by atoms with Gasteiger partial charge in [0.05, 0.1) is 12.5 Å². The van der Waals surface area contributed by atoms with Crippen molar-refractivity contribution < 1.29 is 32.8 Å². The van der Waals surface area contributed by atoms with Crippen molar-refractivity contribution >= 4 is 52.7 Å². The Labute approximate surface area is 278 Å². The molecule has 4 rings (SSSR count). The third-order valence-corrected chi connectivity index (χ3v) is 9.65. The minimum Gasteiger partial charge on any atom is -0.356 e. The van der Waals surface area contributed by atoms with Crippen LogP contribution < -0.4 is 16.1 Å². The van der Waals surface area contributed by atoms with E-state index in [9.17, 15) is 32.8 Å². The molecule has 4 unspecified atom stereocenters. The number of alkyl halides is 4. The van der Waals surface area contributed by atoms with Crippen LogP contribution in [0.5, 0.6) is 0 Å². The first-order valence-electron chi connectivity index (χ1n) is 15.5. The van der Waals surface area contributed by atoms with E-state index in [0.29, 0.717) is 30.8 Å². The van der Waals surface area contributed by atoms with Crippen LogP contribution in [0.15, 0.2) is 18.2 Å². The van der Waals surface area contributed by atoms with Crippen LogP contribution in [0.3, 0.4) is 0 Å². The molecule has 3 N–H and O–H groups in total. The van der Waals surface area contributed by atoms with E-state index >= 15 is 0 Å². The number of rotatable bonds is 9. The Morgan fingerprint density at radius 3 is 2.28 bits per heavy atom. The summed E-state index contributed by atoms with van der Waals surface area (Å²) in [5.74, 6) is -5.43. The number of amides is 5. The topological polar surface area (TPSA) is 141 Å². The number of fused-ring (bicyclic) bond motifs is 1. The van der Waals surface area contributed by atoms with Crippen LogP contribution in [0.4, 0.5) is 8.78 Å². The highest BCUT2D eigenvalue weighted by atomic mass is 35.5. The highest BCUT2D eigenvalue weighted by molar-refractivity contribution is 6.30. The Balaban J connectivity index is 0.000000625. The molecule has 0 aromatic carbocycles. The second kappa shape index (κ2) is 15.7. The lowest BCUT2D eigenvalue weighted by molar-refractivity contribution is -0.151. The van der Waals surface area contributed by atoms with E-state index in [0.717, 1.165) is 11.4 Å². The molecule has 11 nitrogen and oxygen atoms in total. The Morgan fingerprint density at radius 2 is 1.78 bits per heavy atom. The van der Waals surface area contributed by atoms with Crippen LogP contribution in [-0.4, -0.2) is 87.4 Å². The molecule has 256 valence electrons. The number of piperidine rings is 2. The molecule has 5 amide bonds. The number of nitrogens with one attached hydrogen (secondary N) is 3. The zero-order valence-electron chi connectivity index (χ0n) is 27.0. The molecule has 46 heavy (non-hydrogen) atoms. The number of aryl methyl sites for hydroxylation is 2. The monoisotopic (exact) mass is 688 g/mol. The average Bonchev–Trinajstić information content (AvgIpc) is 3.30. The summed E-state index contributed by atoms with van der Waals surface area (Å²) in [4.78, 5) is 69.5. The summed E-state index contributed by atoms with van der Waals surface area (Å²) >= 11 is 10.7. The van der Waals surface area contributed by atoms with Crippen molar-refractivity contribution in [1.29, 1.82) is 0 Å². The van der Waals surface area contributed by atoms with Gasteiger partial charge in [-0.15, -0.1) is 0 Å². The highest BCUT2D eigenvalue weighted by Gasteiger charge is 2.69. The van der Waals surface area contributed by atoms with E-state index in [4.69, 9.17) is 23.2 Å². The van der Waals surface area contributed by atoms with E-state index < -0.39 is 58.8 Å². The lowest BCUT2D eigenvalue weighted by Crippen LogP contribution is -2.61. The molecular weight excluding hydrogens is 645 g/mol. The van der Waals surface area contributed by atoms with Gasteiger partial charge in [-0.1, -0.05) is 63.4 Å². The summed E-state index contributed by atoms with van der Waals surface area (Å²) in [6, 6.07) is 3.81. The van der Waals surface area contributed by atoms with Crippen LogP contribution in [0.25, 0.3) is 0 Å². The number of likely N-dealkylation sites (tertiary alicyclic amines) is 1. The van der Waals surface area contributed by atoms with Gasteiger partial charge in [0.2, 0.25) is 11.8 Å². The van der Waals surface area contributed by atoms with Gasteiger partial charge in [-0.05, 0) is 62.0 Å². The molecule has 1 saturated carbocycles. The van der Waals surface area contributed by atoms with Crippen LogP contribution in [0.2, 0.25) is 0 Å². The number of halogens is 4. The Kier molecular flexibility index (Phi) is 12.8. The molecule has 3 fully saturated rings. The van der Waals surface area contributed by atoms with Crippen molar-refractivity contribution in [3.05, 3.63) is 29.6 Å². The molecule has 2 aliphatic heterocycles. The van der Waals surface area contributed by atoms with Gasteiger partial charge in [0.1, 0.15) is 12.1 Å². The van der Waals surface area contributed by atoms with Crippen molar-refractivity contribution in [3.63, 3.8) is 0 Å². The number of carbonyl (C=O) groups excluding carboxylic acids is 5. The van der Waals surface area contributed by atoms with Gasteiger partial charge < -0.3 is 15.5 Å². The van der Waals surface area contributed by atoms with E-state index in [1.165, 1.54) is 4.90 Å². The SMILES string of the molecule is CCC(C)C(NC(=O)C(F)Cl)C(=O)N1C[C@H]2[C@@H]([C@H]1C(=O)NN(C[C@@H]1CCCNC1=O)C(=O)C(F)Cl)C2(C)C.Cc1cccc(C)n1. The number of aromatic nitrogens is 1. The first-order chi connectivity index (χ1) is 21.5. The molecule has 1 aliphatic carbocycles. The van der Waals surface area contributed by atoms with Gasteiger partial charge in [-0.3, -0.25) is 34.4 Å². The summed E-state index contributed by atoms with van der Waals surface area (Å²) in [5, 5.41) is 5.72. The quantitative estimate of drug-likeness (QED) is 0.269. The maximum Gasteiger partial charge on any atom is 0.291 e. The number of carbonyl (C=O) groups is 5. The second-order valence-electron chi connectivity index (χ2n) is 12.8. The average molecular weight is 690 g/mol. The molecular formula is C31H44Cl2F2N6O5. The fraction of sp³-hybridized carbons (Fsp3) is 0.677.